The maximum absolute atomic E-state index is 12.9. The molecular formula is C21H14F6N4O6S2. The van der Waals surface area contributed by atoms with Gasteiger partial charge in [-0.25, -0.2) is 31.0 Å². The smallest absolute Gasteiger partial charge is 0.406 e. The molecule has 0 aliphatic carbocycles. The van der Waals surface area contributed by atoms with Crippen LogP contribution in [-0.2, 0) is 19.7 Å². The molecule has 0 N–H and O–H groups in total. The van der Waals surface area contributed by atoms with Gasteiger partial charge in [0.15, 0.2) is 21.3 Å². The lowest BCUT2D eigenvalue weighted by Crippen LogP contribution is -2.24. The van der Waals surface area contributed by atoms with E-state index in [0.717, 1.165) is 30.6 Å². The van der Waals surface area contributed by atoms with Crippen LogP contribution in [0.1, 0.15) is 6.92 Å². The summed E-state index contributed by atoms with van der Waals surface area (Å²) in [7, 11) is -9.90. The number of hydrogen-bond donors (Lipinski definition) is 0. The van der Waals surface area contributed by atoms with Gasteiger partial charge in [-0.15, -0.1) is 18.3 Å². The minimum Gasteiger partial charge on any atom is -0.406 e. The quantitative estimate of drug-likeness (QED) is 0.309. The second-order valence-corrected chi connectivity index (χ2v) is 11.9. The molecule has 0 saturated heterocycles. The number of halogens is 6. The molecule has 0 aliphatic rings. The van der Waals surface area contributed by atoms with E-state index in [0.29, 0.717) is 21.2 Å². The normalized spacial score (nSPS) is 13.1. The molecule has 0 saturated carbocycles. The molecule has 0 unspecified atom stereocenters. The highest BCUT2D eigenvalue weighted by atomic mass is 32.2. The molecule has 0 radical (unpaired) electrons. The first-order valence-electron chi connectivity index (χ1n) is 10.5. The average molecular weight is 596 g/mol. The van der Waals surface area contributed by atoms with Gasteiger partial charge in [0.1, 0.15) is 10.6 Å². The third-order valence-corrected chi connectivity index (χ3v) is 8.50. The van der Waals surface area contributed by atoms with Gasteiger partial charge in [-0.2, -0.15) is 17.9 Å². The van der Waals surface area contributed by atoms with Crippen LogP contribution in [0.3, 0.4) is 0 Å². The molecule has 208 valence electrons. The van der Waals surface area contributed by atoms with Crippen molar-refractivity contribution in [2.75, 3.05) is 5.75 Å². The fraction of sp³-hybridized carbons (Fsp3) is 0.190. The Morgan fingerprint density at radius 2 is 1.56 bits per heavy atom. The van der Waals surface area contributed by atoms with Gasteiger partial charge in [0.2, 0.25) is 0 Å². The summed E-state index contributed by atoms with van der Waals surface area (Å²) in [5.41, 5.74) is -6.87. The summed E-state index contributed by atoms with van der Waals surface area (Å²) < 4.78 is 130. The number of aromatic nitrogens is 4. The molecule has 0 fully saturated rings. The number of fused-ring (bicyclic) bond motifs is 1. The van der Waals surface area contributed by atoms with Gasteiger partial charge >= 0.3 is 17.6 Å². The van der Waals surface area contributed by atoms with E-state index >= 15 is 0 Å². The van der Waals surface area contributed by atoms with E-state index in [9.17, 15) is 48.0 Å². The topological polar surface area (TPSA) is 130 Å². The van der Waals surface area contributed by atoms with Gasteiger partial charge in [-0.3, -0.25) is 0 Å². The second-order valence-electron chi connectivity index (χ2n) is 7.76. The predicted octanol–water partition coefficient (Wildman–Crippen LogP) is 3.53. The van der Waals surface area contributed by atoms with Crippen LogP contribution in [0.25, 0.3) is 22.6 Å². The zero-order valence-electron chi connectivity index (χ0n) is 19.2. The monoisotopic (exact) mass is 596 g/mol. The van der Waals surface area contributed by atoms with E-state index in [1.807, 2.05) is 0 Å². The standard InChI is InChI=1S/C21H14F6N4O6S2/c1-2-38(33,34)16-9-13(12-3-5-14(6-4-12)37-20(22,23)24)11-28-18(16)31-19(32)30-8-7-15(10-17(30)29-31)39(35,36)21(25,26)27/h3-11H,2H2,1H3. The van der Waals surface area contributed by atoms with Crippen LogP contribution in [0.2, 0.25) is 0 Å². The summed E-state index contributed by atoms with van der Waals surface area (Å²) in [5.74, 6) is -1.54. The van der Waals surface area contributed by atoms with Crippen LogP contribution < -0.4 is 10.4 Å². The molecule has 0 spiro atoms. The fourth-order valence-corrected chi connectivity index (χ4v) is 5.18. The summed E-state index contributed by atoms with van der Waals surface area (Å²) in [6.45, 7) is 1.29. The molecule has 0 bridgehead atoms. The number of hydrogen-bond acceptors (Lipinski definition) is 8. The Labute approximate surface area is 214 Å². The maximum Gasteiger partial charge on any atom is 0.573 e. The van der Waals surface area contributed by atoms with E-state index in [2.05, 4.69) is 14.8 Å². The Balaban J connectivity index is 1.85. The number of rotatable bonds is 6. The lowest BCUT2D eigenvalue weighted by atomic mass is 10.1. The van der Waals surface area contributed by atoms with E-state index < -0.39 is 70.0 Å². The predicted molar refractivity (Wildman–Crippen MR) is 122 cm³/mol. The Morgan fingerprint density at radius 1 is 0.923 bits per heavy atom. The van der Waals surface area contributed by atoms with E-state index in [1.54, 1.807) is 0 Å². The van der Waals surface area contributed by atoms with Crippen molar-refractivity contribution < 1.29 is 47.9 Å². The van der Waals surface area contributed by atoms with Crippen molar-refractivity contribution in [3.8, 4) is 22.7 Å². The van der Waals surface area contributed by atoms with Gasteiger partial charge in [0, 0.05) is 24.0 Å². The number of alkyl halides is 6. The third kappa shape index (κ3) is 5.33. The highest BCUT2D eigenvalue weighted by Crippen LogP contribution is 2.31. The fourth-order valence-electron chi connectivity index (χ4n) is 3.38. The molecule has 4 aromatic rings. The van der Waals surface area contributed by atoms with Crippen molar-refractivity contribution in [1.82, 2.24) is 19.2 Å². The Kier molecular flexibility index (Phi) is 6.75. The van der Waals surface area contributed by atoms with Gasteiger partial charge < -0.3 is 4.74 Å². The summed E-state index contributed by atoms with van der Waals surface area (Å²) in [5, 5.41) is 3.78. The van der Waals surface area contributed by atoms with Crippen molar-refractivity contribution in [1.29, 1.82) is 0 Å². The molecule has 0 aliphatic heterocycles. The van der Waals surface area contributed by atoms with Gasteiger partial charge in [0.05, 0.1) is 10.6 Å². The lowest BCUT2D eigenvalue weighted by Gasteiger charge is -2.11. The van der Waals surface area contributed by atoms with Crippen LogP contribution in [0.15, 0.2) is 69.4 Å². The highest BCUT2D eigenvalue weighted by molar-refractivity contribution is 7.92. The summed E-state index contributed by atoms with van der Waals surface area (Å²) >= 11 is 0. The van der Waals surface area contributed by atoms with Crippen molar-refractivity contribution in [3.63, 3.8) is 0 Å². The summed E-state index contributed by atoms with van der Waals surface area (Å²) in [6, 6.07) is 6.52. The SMILES string of the molecule is CCS(=O)(=O)c1cc(-c2ccc(OC(F)(F)F)cc2)cnc1-n1nc2cc(S(=O)(=O)C(F)(F)F)ccn2c1=O. The first-order valence-corrected chi connectivity index (χ1v) is 13.6. The number of nitrogens with zero attached hydrogens (tertiary/aromatic N) is 4. The Bertz CT molecular complexity index is 1840. The molecule has 39 heavy (non-hydrogen) atoms. The van der Waals surface area contributed by atoms with Crippen molar-refractivity contribution in [3.05, 3.63) is 65.3 Å². The molecule has 18 heteroatoms. The highest BCUT2D eigenvalue weighted by Gasteiger charge is 2.47. The van der Waals surface area contributed by atoms with E-state index in [1.165, 1.54) is 19.1 Å². The molecule has 10 nitrogen and oxygen atoms in total. The number of benzene rings is 1. The van der Waals surface area contributed by atoms with Crippen LogP contribution in [0.4, 0.5) is 26.3 Å². The Morgan fingerprint density at radius 3 is 2.13 bits per heavy atom. The number of sulfone groups is 2. The minimum absolute atomic E-state index is 0.125. The maximum atomic E-state index is 12.9. The van der Waals surface area contributed by atoms with Gasteiger partial charge in [-0.05, 0) is 29.8 Å². The van der Waals surface area contributed by atoms with E-state index in [-0.39, 0.29) is 11.1 Å². The van der Waals surface area contributed by atoms with Crippen molar-refractivity contribution >= 4 is 25.3 Å². The number of pyridine rings is 2. The van der Waals surface area contributed by atoms with Gasteiger partial charge in [0.25, 0.3) is 9.84 Å². The molecule has 0 atom stereocenters. The first-order chi connectivity index (χ1) is 17.9. The van der Waals surface area contributed by atoms with Gasteiger partial charge in [-0.1, -0.05) is 19.1 Å². The van der Waals surface area contributed by atoms with Crippen LogP contribution in [0, 0.1) is 0 Å². The molecular weight excluding hydrogens is 582 g/mol. The zero-order valence-corrected chi connectivity index (χ0v) is 20.9. The number of ether oxygens (including phenoxy) is 1. The largest absolute Gasteiger partial charge is 0.573 e. The van der Waals surface area contributed by atoms with Crippen molar-refractivity contribution in [2.24, 2.45) is 0 Å². The summed E-state index contributed by atoms with van der Waals surface area (Å²) in [6.07, 6.45) is -3.10. The second kappa shape index (κ2) is 9.37. The first kappa shape index (κ1) is 28.1. The van der Waals surface area contributed by atoms with Crippen LogP contribution in [0.5, 0.6) is 5.75 Å². The molecule has 1 aromatic carbocycles. The van der Waals surface area contributed by atoms with Crippen molar-refractivity contribution in [2.45, 2.75) is 28.6 Å². The molecule has 0 amide bonds. The Hall–Kier alpha value is -3.93. The van der Waals surface area contributed by atoms with Crippen LogP contribution in [-0.4, -0.2) is 53.6 Å². The third-order valence-electron chi connectivity index (χ3n) is 5.28. The van der Waals surface area contributed by atoms with Crippen LogP contribution >= 0.6 is 0 Å². The molecule has 4 rings (SSSR count). The molecule has 3 aromatic heterocycles. The summed E-state index contributed by atoms with van der Waals surface area (Å²) in [4.78, 5) is 15.2. The molecule has 3 heterocycles. The average Bonchev–Trinajstić information content (AvgIpc) is 3.18. The lowest BCUT2D eigenvalue weighted by molar-refractivity contribution is -0.274. The van der Waals surface area contributed by atoms with E-state index in [4.69, 9.17) is 0 Å². The minimum atomic E-state index is -5.77. The zero-order chi connectivity index (χ0) is 29.0.